The second kappa shape index (κ2) is 2.45. The lowest BCUT2D eigenvalue weighted by Gasteiger charge is -2.14. The first kappa shape index (κ1) is 8.17. The molecule has 1 N–H and O–H groups in total. The summed E-state index contributed by atoms with van der Waals surface area (Å²) < 4.78 is 0. The quantitative estimate of drug-likeness (QED) is 0.461. The molecule has 4 heteroatoms. The predicted octanol–water partition coefficient (Wildman–Crippen LogP) is -0.257. The molecule has 3 rings (SSSR count). The van der Waals surface area contributed by atoms with Gasteiger partial charge in [-0.25, -0.2) is 0 Å². The van der Waals surface area contributed by atoms with Gasteiger partial charge in [-0.1, -0.05) is 12.2 Å². The van der Waals surface area contributed by atoms with Crippen LogP contribution in [0.4, 0.5) is 0 Å². The third-order valence-corrected chi connectivity index (χ3v) is 3.70. The summed E-state index contributed by atoms with van der Waals surface area (Å²) in [6.07, 6.45) is 5.02. The molecule has 1 saturated heterocycles. The number of aliphatic hydroxyl groups excluding tert-OH is 1. The average molecular weight is 193 g/mol. The second-order valence-corrected chi connectivity index (χ2v) is 4.25. The van der Waals surface area contributed by atoms with Crippen LogP contribution in [-0.2, 0) is 9.59 Å². The first-order valence-electron chi connectivity index (χ1n) is 4.88. The van der Waals surface area contributed by atoms with Crippen molar-refractivity contribution in [1.82, 2.24) is 4.90 Å². The molecule has 0 aromatic rings. The largest absolute Gasteiger partial charge is 0.376 e. The number of imide groups is 1. The molecule has 74 valence electrons. The van der Waals surface area contributed by atoms with Gasteiger partial charge >= 0.3 is 0 Å². The highest BCUT2D eigenvalue weighted by atomic mass is 16.3. The number of carbonyl (C=O) groups is 2. The molecule has 1 heterocycles. The van der Waals surface area contributed by atoms with E-state index in [4.69, 9.17) is 5.11 Å². The molecule has 4 unspecified atom stereocenters. The Bertz CT molecular complexity index is 319. The molecule has 2 aliphatic carbocycles. The summed E-state index contributed by atoms with van der Waals surface area (Å²) in [5.41, 5.74) is 0. The number of aliphatic hydroxyl groups is 1. The molecule has 1 saturated carbocycles. The van der Waals surface area contributed by atoms with E-state index in [1.165, 1.54) is 0 Å². The fourth-order valence-electron chi connectivity index (χ4n) is 3.10. The van der Waals surface area contributed by atoms with Crippen LogP contribution in [-0.4, -0.2) is 28.6 Å². The lowest BCUT2D eigenvalue weighted by Crippen LogP contribution is -2.33. The topological polar surface area (TPSA) is 57.6 Å². The van der Waals surface area contributed by atoms with E-state index >= 15 is 0 Å². The van der Waals surface area contributed by atoms with Gasteiger partial charge in [-0.2, -0.15) is 0 Å². The van der Waals surface area contributed by atoms with Gasteiger partial charge in [0, 0.05) is 0 Å². The smallest absolute Gasteiger partial charge is 0.235 e. The summed E-state index contributed by atoms with van der Waals surface area (Å²) in [6.45, 7) is -0.468. The van der Waals surface area contributed by atoms with Gasteiger partial charge in [0.15, 0.2) is 0 Å². The molecule has 14 heavy (non-hydrogen) atoms. The van der Waals surface area contributed by atoms with Crippen LogP contribution >= 0.6 is 0 Å². The Labute approximate surface area is 81.2 Å². The maximum absolute atomic E-state index is 11.7. The van der Waals surface area contributed by atoms with E-state index in [1.807, 2.05) is 12.2 Å². The van der Waals surface area contributed by atoms with E-state index in [2.05, 4.69) is 0 Å². The van der Waals surface area contributed by atoms with Gasteiger partial charge in [-0.05, 0) is 18.3 Å². The van der Waals surface area contributed by atoms with E-state index in [1.54, 1.807) is 0 Å². The van der Waals surface area contributed by atoms with Crippen LogP contribution in [0.3, 0.4) is 0 Å². The number of carbonyl (C=O) groups excluding carboxylic acids is 2. The van der Waals surface area contributed by atoms with Crippen molar-refractivity contribution in [3.05, 3.63) is 12.2 Å². The van der Waals surface area contributed by atoms with Gasteiger partial charge in [0.2, 0.25) is 11.8 Å². The Balaban J connectivity index is 2.02. The second-order valence-electron chi connectivity index (χ2n) is 4.25. The molecule has 0 aromatic carbocycles. The Morgan fingerprint density at radius 1 is 1.21 bits per heavy atom. The molecule has 0 aromatic heterocycles. The fraction of sp³-hybridized carbons (Fsp3) is 0.600. The number of allylic oxidation sites excluding steroid dienone is 2. The van der Waals surface area contributed by atoms with E-state index in [-0.39, 0.29) is 35.5 Å². The van der Waals surface area contributed by atoms with Crippen molar-refractivity contribution in [2.45, 2.75) is 6.42 Å². The number of amides is 2. The van der Waals surface area contributed by atoms with Gasteiger partial charge < -0.3 is 5.11 Å². The third-order valence-electron chi connectivity index (χ3n) is 3.70. The fourth-order valence-corrected chi connectivity index (χ4v) is 3.10. The van der Waals surface area contributed by atoms with Crippen LogP contribution in [0.5, 0.6) is 0 Å². The van der Waals surface area contributed by atoms with E-state index in [0.717, 1.165) is 11.3 Å². The number of hydrogen-bond acceptors (Lipinski definition) is 3. The number of rotatable bonds is 1. The third kappa shape index (κ3) is 0.733. The van der Waals surface area contributed by atoms with Crippen LogP contribution in [0, 0.1) is 23.7 Å². The predicted molar refractivity (Wildman–Crippen MR) is 46.7 cm³/mol. The number of fused-ring (bicyclic) bond motifs is 5. The molecule has 2 bridgehead atoms. The minimum Gasteiger partial charge on any atom is -0.376 e. The van der Waals surface area contributed by atoms with Crippen molar-refractivity contribution in [1.29, 1.82) is 0 Å². The van der Waals surface area contributed by atoms with Gasteiger partial charge in [0.05, 0.1) is 11.8 Å². The van der Waals surface area contributed by atoms with Crippen LogP contribution < -0.4 is 0 Å². The first-order chi connectivity index (χ1) is 6.74. The maximum Gasteiger partial charge on any atom is 0.235 e. The number of likely N-dealkylation sites (tertiary alicyclic amines) is 1. The molecule has 4 nitrogen and oxygen atoms in total. The van der Waals surface area contributed by atoms with Gasteiger partial charge in [0.1, 0.15) is 6.73 Å². The summed E-state index contributed by atoms with van der Waals surface area (Å²) in [5, 5.41) is 8.92. The minimum atomic E-state index is -0.468. The molecular weight excluding hydrogens is 182 g/mol. The highest BCUT2D eigenvalue weighted by Crippen LogP contribution is 2.52. The summed E-state index contributed by atoms with van der Waals surface area (Å²) >= 11 is 0. The standard InChI is InChI=1S/C10H11NO3/c12-4-11-9(13)7-5-1-2-6(3-5)8(7)10(11)14/h1-2,5-8,12H,3-4H2. The Hall–Kier alpha value is -1.16. The number of nitrogens with zero attached hydrogens (tertiary/aromatic N) is 1. The zero-order valence-corrected chi connectivity index (χ0v) is 7.59. The lowest BCUT2D eigenvalue weighted by atomic mass is 9.85. The van der Waals surface area contributed by atoms with Crippen LogP contribution in [0.1, 0.15) is 6.42 Å². The summed E-state index contributed by atoms with van der Waals surface area (Å²) in [6, 6.07) is 0. The summed E-state index contributed by atoms with van der Waals surface area (Å²) in [4.78, 5) is 24.4. The van der Waals surface area contributed by atoms with Crippen LogP contribution in [0.2, 0.25) is 0 Å². The monoisotopic (exact) mass is 193 g/mol. The Morgan fingerprint density at radius 3 is 2.14 bits per heavy atom. The van der Waals surface area contributed by atoms with Gasteiger partial charge in [-0.15, -0.1) is 0 Å². The molecule has 2 fully saturated rings. The first-order valence-corrected chi connectivity index (χ1v) is 4.88. The van der Waals surface area contributed by atoms with Gasteiger partial charge in [0.25, 0.3) is 0 Å². The van der Waals surface area contributed by atoms with Crippen molar-refractivity contribution in [2.24, 2.45) is 23.7 Å². The highest BCUT2D eigenvalue weighted by Gasteiger charge is 2.58. The SMILES string of the molecule is O=C1C2C3C=CC(C3)C2C(=O)N1CO. The lowest BCUT2D eigenvalue weighted by molar-refractivity contribution is -0.144. The number of hydrogen-bond donors (Lipinski definition) is 1. The highest BCUT2D eigenvalue weighted by molar-refractivity contribution is 6.06. The molecule has 0 radical (unpaired) electrons. The summed E-state index contributed by atoms with van der Waals surface area (Å²) in [5.74, 6) is -0.246. The molecule has 4 atom stereocenters. The zero-order valence-electron chi connectivity index (χ0n) is 7.59. The van der Waals surface area contributed by atoms with Crippen molar-refractivity contribution in [2.75, 3.05) is 6.73 Å². The summed E-state index contributed by atoms with van der Waals surface area (Å²) in [7, 11) is 0. The average Bonchev–Trinajstić information content (AvgIpc) is 2.80. The molecule has 1 aliphatic heterocycles. The Kier molecular flexibility index (Phi) is 1.43. The van der Waals surface area contributed by atoms with Crippen molar-refractivity contribution >= 4 is 11.8 Å². The Morgan fingerprint density at radius 2 is 1.71 bits per heavy atom. The van der Waals surface area contributed by atoms with Gasteiger partial charge in [-0.3, -0.25) is 14.5 Å². The zero-order chi connectivity index (χ0) is 9.87. The molecule has 0 spiro atoms. The van der Waals surface area contributed by atoms with Crippen LogP contribution in [0.25, 0.3) is 0 Å². The minimum absolute atomic E-state index is 0.176. The van der Waals surface area contributed by atoms with Crippen molar-refractivity contribution in [3.63, 3.8) is 0 Å². The van der Waals surface area contributed by atoms with E-state index < -0.39 is 6.73 Å². The van der Waals surface area contributed by atoms with Crippen molar-refractivity contribution in [3.8, 4) is 0 Å². The molecular formula is C10H11NO3. The van der Waals surface area contributed by atoms with Crippen molar-refractivity contribution < 1.29 is 14.7 Å². The normalized spacial score (nSPS) is 43.9. The van der Waals surface area contributed by atoms with E-state index in [9.17, 15) is 9.59 Å². The van der Waals surface area contributed by atoms with E-state index in [0.29, 0.717) is 0 Å². The van der Waals surface area contributed by atoms with Crippen LogP contribution in [0.15, 0.2) is 12.2 Å². The molecule has 3 aliphatic rings. The molecule has 2 amide bonds. The maximum atomic E-state index is 11.7.